The van der Waals surface area contributed by atoms with Crippen LogP contribution in [0, 0.1) is 11.6 Å². The quantitative estimate of drug-likeness (QED) is 0.760. The van der Waals surface area contributed by atoms with Crippen LogP contribution in [-0.4, -0.2) is 17.5 Å². The van der Waals surface area contributed by atoms with Crippen LogP contribution < -0.4 is 5.73 Å². The van der Waals surface area contributed by atoms with Gasteiger partial charge in [0.25, 0.3) is 0 Å². The Hall–Kier alpha value is -1.82. The first kappa shape index (κ1) is 9.72. The van der Waals surface area contributed by atoms with E-state index in [0.29, 0.717) is 0 Å². The molecule has 15 heavy (non-hydrogen) atoms. The van der Waals surface area contributed by atoms with Gasteiger partial charge in [-0.15, -0.1) is 0 Å². The smallest absolute Gasteiger partial charge is 0.182 e. The van der Waals surface area contributed by atoms with Crippen molar-refractivity contribution in [1.82, 2.24) is 5.16 Å². The fourth-order valence-electron chi connectivity index (χ4n) is 1.30. The van der Waals surface area contributed by atoms with Gasteiger partial charge in [-0.25, -0.2) is 8.78 Å². The molecule has 0 radical (unpaired) electrons. The first-order valence-electron chi connectivity index (χ1n) is 4.10. The minimum atomic E-state index is -0.993. The summed E-state index contributed by atoms with van der Waals surface area (Å²) in [7, 11) is 0. The summed E-state index contributed by atoms with van der Waals surface area (Å²) < 4.78 is 31.5. The van der Waals surface area contributed by atoms with Crippen molar-refractivity contribution in [3.63, 3.8) is 0 Å². The molecule has 6 heteroatoms. The van der Waals surface area contributed by atoms with Gasteiger partial charge in [0, 0.05) is 6.07 Å². The highest BCUT2D eigenvalue weighted by Crippen LogP contribution is 2.23. The lowest BCUT2D eigenvalue weighted by atomic mass is 10.1. The summed E-state index contributed by atoms with van der Waals surface area (Å²) in [5.41, 5.74) is 4.35. The number of aromatic nitrogens is 1. The number of halogens is 2. The van der Waals surface area contributed by atoms with Crippen molar-refractivity contribution in [2.45, 2.75) is 0 Å². The number of fused-ring (bicyclic) bond motifs is 1. The second-order valence-electron chi connectivity index (χ2n) is 2.91. The molecule has 0 aliphatic carbocycles. The number of carbonyl (C=O) groups is 1. The maximum Gasteiger partial charge on any atom is 0.182 e. The van der Waals surface area contributed by atoms with Gasteiger partial charge in [0.1, 0.15) is 11.6 Å². The maximum atomic E-state index is 13.6. The maximum absolute atomic E-state index is 13.6. The number of carbonyl (C=O) groups excluding carboxylic acids is 1. The monoisotopic (exact) mass is 212 g/mol. The van der Waals surface area contributed by atoms with Crippen LogP contribution in [0.2, 0.25) is 0 Å². The number of Topliss-reactive ketones (excluding diaryl/α,β-unsaturated/α-hetero) is 1. The number of nitrogens with two attached hydrogens (primary N) is 1. The summed E-state index contributed by atoms with van der Waals surface area (Å²) in [5.74, 6) is -2.78. The SMILES string of the molecule is NCC(=O)c1c(F)cc2oncc2c1F. The largest absolute Gasteiger partial charge is 0.356 e. The summed E-state index contributed by atoms with van der Waals surface area (Å²) in [4.78, 5) is 11.2. The summed E-state index contributed by atoms with van der Waals surface area (Å²) >= 11 is 0. The minimum absolute atomic E-state index is 0.0341. The van der Waals surface area contributed by atoms with Crippen LogP contribution in [0.25, 0.3) is 11.0 Å². The molecule has 2 rings (SSSR count). The molecule has 2 N–H and O–H groups in total. The fourth-order valence-corrected chi connectivity index (χ4v) is 1.30. The van der Waals surface area contributed by atoms with Gasteiger partial charge in [-0.05, 0) is 0 Å². The molecule has 1 aromatic heterocycles. The molecular formula is C9H6F2N2O2. The van der Waals surface area contributed by atoms with Crippen LogP contribution >= 0.6 is 0 Å². The highest BCUT2D eigenvalue weighted by atomic mass is 19.1. The third kappa shape index (κ3) is 1.39. The summed E-state index contributed by atoms with van der Waals surface area (Å²) in [5, 5.41) is 3.27. The molecule has 0 amide bonds. The normalized spacial score (nSPS) is 10.9. The van der Waals surface area contributed by atoms with E-state index in [1.165, 1.54) is 0 Å². The van der Waals surface area contributed by atoms with Crippen LogP contribution in [0.15, 0.2) is 16.8 Å². The zero-order valence-electron chi connectivity index (χ0n) is 7.46. The van der Waals surface area contributed by atoms with Gasteiger partial charge >= 0.3 is 0 Å². The Labute approximate surface area is 82.6 Å². The molecule has 0 saturated carbocycles. The van der Waals surface area contributed by atoms with E-state index in [-0.39, 0.29) is 11.0 Å². The average Bonchev–Trinajstić information content (AvgIpc) is 2.65. The molecule has 4 nitrogen and oxygen atoms in total. The van der Waals surface area contributed by atoms with E-state index < -0.39 is 29.5 Å². The van der Waals surface area contributed by atoms with E-state index >= 15 is 0 Å². The standard InChI is InChI=1S/C9H6F2N2O2/c10-5-1-7-4(3-13-15-7)9(11)8(5)6(14)2-12/h1,3H,2,12H2. The molecule has 0 bridgehead atoms. The molecule has 0 saturated heterocycles. The predicted octanol–water partition coefficient (Wildman–Crippen LogP) is 1.25. The number of nitrogens with zero attached hydrogens (tertiary/aromatic N) is 1. The van der Waals surface area contributed by atoms with Crippen molar-refractivity contribution in [2.24, 2.45) is 5.73 Å². The van der Waals surface area contributed by atoms with E-state index in [4.69, 9.17) is 5.73 Å². The van der Waals surface area contributed by atoms with Crippen molar-refractivity contribution in [3.8, 4) is 0 Å². The Bertz CT molecular complexity index is 536. The molecule has 0 aliphatic rings. The zero-order valence-corrected chi connectivity index (χ0v) is 7.46. The molecule has 0 spiro atoms. The van der Waals surface area contributed by atoms with Gasteiger partial charge in [0.15, 0.2) is 11.4 Å². The lowest BCUT2D eigenvalue weighted by Gasteiger charge is -2.01. The fraction of sp³-hybridized carbons (Fsp3) is 0.111. The van der Waals surface area contributed by atoms with Crippen LogP contribution in [0.4, 0.5) is 8.78 Å². The lowest BCUT2D eigenvalue weighted by Crippen LogP contribution is -2.17. The van der Waals surface area contributed by atoms with E-state index in [1.807, 2.05) is 0 Å². The molecule has 2 aromatic rings. The van der Waals surface area contributed by atoms with Crippen molar-refractivity contribution in [2.75, 3.05) is 6.54 Å². The second kappa shape index (κ2) is 3.39. The molecule has 78 valence electrons. The van der Waals surface area contributed by atoms with Crippen LogP contribution in [-0.2, 0) is 0 Å². The van der Waals surface area contributed by atoms with E-state index in [2.05, 4.69) is 9.68 Å². The Kier molecular flexibility index (Phi) is 2.20. The molecule has 0 fully saturated rings. The Morgan fingerprint density at radius 2 is 2.27 bits per heavy atom. The highest BCUT2D eigenvalue weighted by Gasteiger charge is 2.20. The first-order chi connectivity index (χ1) is 7.15. The summed E-state index contributed by atoms with van der Waals surface area (Å²) in [6.45, 7) is -0.454. The average molecular weight is 212 g/mol. The number of rotatable bonds is 2. The molecular weight excluding hydrogens is 206 g/mol. The van der Waals surface area contributed by atoms with Gasteiger partial charge in [-0.2, -0.15) is 0 Å². The van der Waals surface area contributed by atoms with Crippen molar-refractivity contribution in [3.05, 3.63) is 29.5 Å². The number of hydrogen-bond donors (Lipinski definition) is 1. The highest BCUT2D eigenvalue weighted by molar-refractivity contribution is 6.01. The zero-order chi connectivity index (χ0) is 11.0. The van der Waals surface area contributed by atoms with Crippen LogP contribution in [0.1, 0.15) is 10.4 Å². The van der Waals surface area contributed by atoms with Crippen LogP contribution in [0.5, 0.6) is 0 Å². The Balaban J connectivity index is 2.78. The molecule has 0 aliphatic heterocycles. The van der Waals surface area contributed by atoms with Crippen LogP contribution in [0.3, 0.4) is 0 Å². The third-order valence-electron chi connectivity index (χ3n) is 2.02. The van der Waals surface area contributed by atoms with Gasteiger partial charge in [-0.1, -0.05) is 5.16 Å². The second-order valence-corrected chi connectivity index (χ2v) is 2.91. The van der Waals surface area contributed by atoms with Crippen molar-refractivity contribution < 1.29 is 18.1 Å². The minimum Gasteiger partial charge on any atom is -0.356 e. The topological polar surface area (TPSA) is 69.1 Å². The molecule has 0 unspecified atom stereocenters. The Morgan fingerprint density at radius 1 is 1.53 bits per heavy atom. The molecule has 0 atom stereocenters. The first-order valence-corrected chi connectivity index (χ1v) is 4.10. The number of benzene rings is 1. The van der Waals surface area contributed by atoms with Crippen molar-refractivity contribution in [1.29, 1.82) is 0 Å². The van der Waals surface area contributed by atoms with E-state index in [0.717, 1.165) is 12.3 Å². The van der Waals surface area contributed by atoms with E-state index in [1.54, 1.807) is 0 Å². The van der Waals surface area contributed by atoms with Gasteiger partial charge in [0.2, 0.25) is 0 Å². The molecule has 1 heterocycles. The molecule has 1 aromatic carbocycles. The summed E-state index contributed by atoms with van der Waals surface area (Å²) in [6.07, 6.45) is 1.08. The van der Waals surface area contributed by atoms with Gasteiger partial charge in [-0.3, -0.25) is 4.79 Å². The Morgan fingerprint density at radius 3 is 2.93 bits per heavy atom. The van der Waals surface area contributed by atoms with Gasteiger partial charge < -0.3 is 10.3 Å². The van der Waals surface area contributed by atoms with Crippen molar-refractivity contribution >= 4 is 16.8 Å². The number of ketones is 1. The van der Waals surface area contributed by atoms with E-state index in [9.17, 15) is 13.6 Å². The lowest BCUT2D eigenvalue weighted by molar-refractivity contribution is 0.0993. The number of hydrogen-bond acceptors (Lipinski definition) is 4. The van der Waals surface area contributed by atoms with Gasteiger partial charge in [0.05, 0.1) is 23.7 Å². The third-order valence-corrected chi connectivity index (χ3v) is 2.02. The summed E-state index contributed by atoms with van der Waals surface area (Å²) in [6, 6.07) is 0.911. The predicted molar refractivity (Wildman–Crippen MR) is 47.3 cm³/mol.